The van der Waals surface area contributed by atoms with Crippen LogP contribution in [0.1, 0.15) is 29.8 Å². The first-order chi connectivity index (χ1) is 13.8. The Morgan fingerprint density at radius 3 is 2.29 bits per heavy atom. The van der Waals surface area contributed by atoms with Gasteiger partial charge in [0.25, 0.3) is 0 Å². The fraction of sp³-hybridized carbons (Fsp3) is 0.160. The van der Waals surface area contributed by atoms with E-state index in [9.17, 15) is 0 Å². The van der Waals surface area contributed by atoms with Crippen LogP contribution in [0.15, 0.2) is 91.1 Å². The van der Waals surface area contributed by atoms with Gasteiger partial charge in [-0.25, -0.2) is 4.98 Å². The van der Waals surface area contributed by atoms with E-state index in [4.69, 9.17) is 9.72 Å². The van der Waals surface area contributed by atoms with Crippen molar-refractivity contribution < 1.29 is 4.74 Å². The number of hydrogen-bond donors (Lipinski definition) is 0. The van der Waals surface area contributed by atoms with Gasteiger partial charge in [-0.1, -0.05) is 78.4 Å². The molecule has 0 aliphatic heterocycles. The van der Waals surface area contributed by atoms with Crippen LogP contribution in [0.5, 0.6) is 0 Å². The van der Waals surface area contributed by atoms with Crippen LogP contribution in [0.4, 0.5) is 0 Å². The van der Waals surface area contributed by atoms with Gasteiger partial charge in [-0.2, -0.15) is 0 Å². The molecule has 0 amide bonds. The van der Waals surface area contributed by atoms with Crippen molar-refractivity contribution in [2.75, 3.05) is 6.61 Å². The van der Waals surface area contributed by atoms with Gasteiger partial charge in [-0.15, -0.1) is 0 Å². The standard InChI is InChI=1S/C25H24N2O/c1-3-28-24(21-14-10-11-19(2)17-21)23-18-26-25(20-12-6-4-7-13-20)27(23)22-15-8-5-9-16-22/h4-18,24H,3H2,1-2H3. The monoisotopic (exact) mass is 368 g/mol. The first-order valence-corrected chi connectivity index (χ1v) is 9.64. The van der Waals surface area contributed by atoms with Crippen molar-refractivity contribution in [2.24, 2.45) is 0 Å². The van der Waals surface area contributed by atoms with Crippen LogP contribution in [-0.2, 0) is 4.74 Å². The summed E-state index contributed by atoms with van der Waals surface area (Å²) in [6.45, 7) is 4.76. The lowest BCUT2D eigenvalue weighted by Gasteiger charge is -2.21. The summed E-state index contributed by atoms with van der Waals surface area (Å²) in [5, 5.41) is 0. The molecule has 1 heterocycles. The lowest BCUT2D eigenvalue weighted by atomic mass is 10.0. The molecule has 1 atom stereocenters. The molecule has 0 aliphatic rings. The van der Waals surface area contributed by atoms with Gasteiger partial charge in [-0.05, 0) is 31.5 Å². The Bertz CT molecular complexity index is 1040. The number of aryl methyl sites for hydroxylation is 1. The highest BCUT2D eigenvalue weighted by atomic mass is 16.5. The van der Waals surface area contributed by atoms with Crippen molar-refractivity contribution in [1.29, 1.82) is 0 Å². The van der Waals surface area contributed by atoms with Crippen LogP contribution in [0.25, 0.3) is 17.1 Å². The maximum Gasteiger partial charge on any atom is 0.144 e. The first-order valence-electron chi connectivity index (χ1n) is 9.64. The molecule has 0 saturated carbocycles. The summed E-state index contributed by atoms with van der Waals surface area (Å²) in [6, 6.07) is 29.1. The molecule has 0 aliphatic carbocycles. The van der Waals surface area contributed by atoms with Gasteiger partial charge in [0.1, 0.15) is 11.9 Å². The first kappa shape index (κ1) is 18.2. The molecule has 3 heteroatoms. The molecular weight excluding hydrogens is 344 g/mol. The summed E-state index contributed by atoms with van der Waals surface area (Å²) >= 11 is 0. The number of hydrogen-bond acceptors (Lipinski definition) is 2. The van der Waals surface area contributed by atoms with Gasteiger partial charge >= 0.3 is 0 Å². The number of rotatable bonds is 6. The summed E-state index contributed by atoms with van der Waals surface area (Å²) in [4.78, 5) is 4.80. The van der Waals surface area contributed by atoms with Crippen molar-refractivity contribution in [2.45, 2.75) is 20.0 Å². The van der Waals surface area contributed by atoms with Crippen molar-refractivity contribution in [1.82, 2.24) is 9.55 Å². The van der Waals surface area contributed by atoms with Crippen molar-refractivity contribution in [3.05, 3.63) is 108 Å². The highest BCUT2D eigenvalue weighted by molar-refractivity contribution is 5.60. The number of aromatic nitrogens is 2. The van der Waals surface area contributed by atoms with Crippen molar-refractivity contribution in [3.63, 3.8) is 0 Å². The Balaban J connectivity index is 1.92. The molecule has 140 valence electrons. The van der Waals surface area contributed by atoms with E-state index in [0.717, 1.165) is 28.3 Å². The summed E-state index contributed by atoms with van der Waals surface area (Å²) in [5.74, 6) is 0.916. The molecule has 0 fully saturated rings. The second-order valence-electron chi connectivity index (χ2n) is 6.79. The van der Waals surface area contributed by atoms with E-state index in [1.54, 1.807) is 0 Å². The number of benzene rings is 3. The molecule has 0 saturated heterocycles. The number of ether oxygens (including phenoxy) is 1. The smallest absolute Gasteiger partial charge is 0.144 e. The molecule has 28 heavy (non-hydrogen) atoms. The lowest BCUT2D eigenvalue weighted by molar-refractivity contribution is 0.0872. The average molecular weight is 368 g/mol. The molecular formula is C25H24N2O. The minimum Gasteiger partial charge on any atom is -0.367 e. The third-order valence-electron chi connectivity index (χ3n) is 4.78. The Hall–Kier alpha value is -3.17. The van der Waals surface area contributed by atoms with E-state index in [1.807, 2.05) is 37.4 Å². The van der Waals surface area contributed by atoms with E-state index < -0.39 is 0 Å². The second kappa shape index (κ2) is 8.24. The van der Waals surface area contributed by atoms with E-state index in [1.165, 1.54) is 5.56 Å². The maximum atomic E-state index is 6.22. The molecule has 0 bridgehead atoms. The molecule has 3 nitrogen and oxygen atoms in total. The van der Waals surface area contributed by atoms with Crippen LogP contribution >= 0.6 is 0 Å². The average Bonchev–Trinajstić information content (AvgIpc) is 3.18. The fourth-order valence-electron chi connectivity index (χ4n) is 3.54. The second-order valence-corrected chi connectivity index (χ2v) is 6.79. The topological polar surface area (TPSA) is 27.1 Å². The molecule has 3 aromatic carbocycles. The van der Waals surface area contributed by atoms with Crippen LogP contribution in [-0.4, -0.2) is 16.2 Å². The van der Waals surface area contributed by atoms with Crippen LogP contribution in [0, 0.1) is 6.92 Å². The van der Waals surface area contributed by atoms with Gasteiger partial charge in [0, 0.05) is 17.9 Å². The summed E-state index contributed by atoms with van der Waals surface area (Å²) < 4.78 is 8.43. The van der Waals surface area contributed by atoms with Gasteiger partial charge in [0.05, 0.1) is 11.9 Å². The van der Waals surface area contributed by atoms with Crippen LogP contribution in [0.3, 0.4) is 0 Å². The van der Waals surface area contributed by atoms with E-state index in [-0.39, 0.29) is 6.10 Å². The van der Waals surface area contributed by atoms with Gasteiger partial charge < -0.3 is 4.74 Å². The predicted molar refractivity (Wildman–Crippen MR) is 114 cm³/mol. The molecule has 4 aromatic rings. The summed E-state index contributed by atoms with van der Waals surface area (Å²) in [5.41, 5.74) is 5.54. The maximum absolute atomic E-state index is 6.22. The quantitative estimate of drug-likeness (QED) is 0.419. The minimum atomic E-state index is -0.185. The molecule has 1 aromatic heterocycles. The van der Waals surface area contributed by atoms with Crippen LogP contribution < -0.4 is 0 Å². The zero-order chi connectivity index (χ0) is 19.3. The summed E-state index contributed by atoms with van der Waals surface area (Å²) in [6.07, 6.45) is 1.76. The fourth-order valence-corrected chi connectivity index (χ4v) is 3.54. The zero-order valence-corrected chi connectivity index (χ0v) is 16.2. The van der Waals surface area contributed by atoms with Crippen molar-refractivity contribution >= 4 is 0 Å². The zero-order valence-electron chi connectivity index (χ0n) is 16.2. The van der Waals surface area contributed by atoms with Gasteiger partial charge in [0.15, 0.2) is 0 Å². The number of imidazole rings is 1. The van der Waals surface area contributed by atoms with E-state index in [2.05, 4.69) is 72.2 Å². The molecule has 4 rings (SSSR count). The normalized spacial score (nSPS) is 12.1. The van der Waals surface area contributed by atoms with E-state index >= 15 is 0 Å². The Labute approximate surface area is 166 Å². The predicted octanol–water partition coefficient (Wildman–Crippen LogP) is 5.97. The van der Waals surface area contributed by atoms with Crippen molar-refractivity contribution in [3.8, 4) is 17.1 Å². The highest BCUT2D eigenvalue weighted by Gasteiger charge is 2.23. The lowest BCUT2D eigenvalue weighted by Crippen LogP contribution is -2.12. The van der Waals surface area contributed by atoms with Gasteiger partial charge in [-0.3, -0.25) is 4.57 Å². The molecule has 0 radical (unpaired) electrons. The molecule has 0 N–H and O–H groups in total. The highest BCUT2D eigenvalue weighted by Crippen LogP contribution is 2.32. The SMILES string of the molecule is CCOC(c1cccc(C)c1)c1cnc(-c2ccccc2)n1-c1ccccc1. The van der Waals surface area contributed by atoms with E-state index in [0.29, 0.717) is 6.61 Å². The third-order valence-corrected chi connectivity index (χ3v) is 4.78. The Morgan fingerprint density at radius 2 is 1.61 bits per heavy atom. The number of para-hydroxylation sites is 1. The Kier molecular flexibility index (Phi) is 5.36. The minimum absolute atomic E-state index is 0.185. The molecule has 1 unspecified atom stereocenters. The van der Waals surface area contributed by atoms with Gasteiger partial charge in [0.2, 0.25) is 0 Å². The number of nitrogens with zero attached hydrogens (tertiary/aromatic N) is 2. The largest absolute Gasteiger partial charge is 0.367 e. The molecule has 0 spiro atoms. The third kappa shape index (κ3) is 3.62. The Morgan fingerprint density at radius 1 is 0.893 bits per heavy atom. The van der Waals surface area contributed by atoms with Crippen LogP contribution in [0.2, 0.25) is 0 Å². The summed E-state index contributed by atoms with van der Waals surface area (Å²) in [7, 11) is 0.